The molecule has 0 unspecified atom stereocenters. The van der Waals surface area contributed by atoms with E-state index in [0.717, 1.165) is 19.3 Å². The van der Waals surface area contributed by atoms with Gasteiger partial charge in [0.15, 0.2) is 0 Å². The molecule has 0 saturated heterocycles. The quantitative estimate of drug-likeness (QED) is 0.633. The van der Waals surface area contributed by atoms with E-state index in [2.05, 4.69) is 30.9 Å². The van der Waals surface area contributed by atoms with Gasteiger partial charge in [0.25, 0.3) is 0 Å². The van der Waals surface area contributed by atoms with Gasteiger partial charge in [-0.05, 0) is 19.3 Å². The monoisotopic (exact) mass is 164 g/mol. The minimum atomic E-state index is -0.105. The van der Waals surface area contributed by atoms with Gasteiger partial charge in [0.05, 0.1) is 6.61 Å². The van der Waals surface area contributed by atoms with Crippen LogP contribution in [-0.4, -0.2) is 11.7 Å². The van der Waals surface area contributed by atoms with Gasteiger partial charge in [-0.2, -0.15) is 0 Å². The van der Waals surface area contributed by atoms with Crippen molar-refractivity contribution in [3.63, 3.8) is 0 Å². The Kier molecular flexibility index (Phi) is 3.30. The summed E-state index contributed by atoms with van der Waals surface area (Å²) < 4.78 is 0. The Morgan fingerprint density at radius 2 is 2.08 bits per heavy atom. The molecular weight excluding hydrogens is 148 g/mol. The zero-order valence-corrected chi connectivity index (χ0v) is 7.37. The first-order valence-electron chi connectivity index (χ1n) is 4.40. The predicted octanol–water partition coefficient (Wildman–Crippen LogP) is 2.45. The first-order valence-corrected chi connectivity index (χ1v) is 4.40. The van der Waals surface area contributed by atoms with Gasteiger partial charge in [0.1, 0.15) is 0 Å². The van der Waals surface area contributed by atoms with E-state index in [-0.39, 0.29) is 12.0 Å². The molecule has 1 nitrogen and oxygen atoms in total. The highest BCUT2D eigenvalue weighted by molar-refractivity contribution is 5.17. The lowest BCUT2D eigenvalue weighted by Crippen LogP contribution is -2.21. The molecule has 1 N–H and O–H groups in total. The molecule has 0 fully saturated rings. The number of hydrogen-bond donors (Lipinski definition) is 1. The van der Waals surface area contributed by atoms with E-state index in [0.29, 0.717) is 0 Å². The second-order valence-corrected chi connectivity index (χ2v) is 3.26. The van der Waals surface area contributed by atoms with Crippen LogP contribution in [0.25, 0.3) is 0 Å². The molecule has 0 bridgehead atoms. The molecule has 0 aromatic rings. The van der Waals surface area contributed by atoms with Crippen LogP contribution in [0, 0.1) is 5.41 Å². The minimum absolute atomic E-state index is 0.105. The van der Waals surface area contributed by atoms with Gasteiger partial charge < -0.3 is 5.11 Å². The summed E-state index contributed by atoms with van der Waals surface area (Å²) in [5.74, 6) is 0. The van der Waals surface area contributed by atoms with Crippen LogP contribution in [0.5, 0.6) is 0 Å². The molecule has 1 rings (SSSR count). The Hall–Kier alpha value is -0.820. The lowest BCUT2D eigenvalue weighted by Gasteiger charge is -2.26. The topological polar surface area (TPSA) is 20.2 Å². The van der Waals surface area contributed by atoms with Crippen LogP contribution in [0.15, 0.2) is 37.0 Å². The first kappa shape index (κ1) is 9.27. The molecule has 0 aliphatic heterocycles. The third kappa shape index (κ3) is 2.08. The summed E-state index contributed by atoms with van der Waals surface area (Å²) in [6.45, 7) is 3.88. The Morgan fingerprint density at radius 1 is 1.42 bits per heavy atom. The van der Waals surface area contributed by atoms with Gasteiger partial charge in [-0.1, -0.05) is 30.4 Å². The molecule has 0 saturated carbocycles. The van der Waals surface area contributed by atoms with Crippen LogP contribution in [0.4, 0.5) is 0 Å². The maximum atomic E-state index is 9.23. The van der Waals surface area contributed by atoms with Crippen molar-refractivity contribution >= 4 is 0 Å². The van der Waals surface area contributed by atoms with E-state index in [1.807, 2.05) is 6.08 Å². The number of aliphatic hydroxyl groups is 1. The largest absolute Gasteiger partial charge is 0.395 e. The molecule has 12 heavy (non-hydrogen) atoms. The summed E-state index contributed by atoms with van der Waals surface area (Å²) in [7, 11) is 0. The molecule has 66 valence electrons. The van der Waals surface area contributed by atoms with E-state index in [4.69, 9.17) is 0 Å². The number of hydrogen-bond acceptors (Lipinski definition) is 1. The molecule has 0 atom stereocenters. The fourth-order valence-electron chi connectivity index (χ4n) is 1.46. The van der Waals surface area contributed by atoms with E-state index >= 15 is 0 Å². The lowest BCUT2D eigenvalue weighted by molar-refractivity contribution is 0.197. The van der Waals surface area contributed by atoms with Crippen LogP contribution in [0.3, 0.4) is 0 Å². The van der Waals surface area contributed by atoms with Crippen LogP contribution >= 0.6 is 0 Å². The predicted molar refractivity (Wildman–Crippen MR) is 51.8 cm³/mol. The maximum Gasteiger partial charge on any atom is 0.0556 e. The number of aliphatic hydroxyl groups excluding tert-OH is 1. The molecule has 0 aromatic heterocycles. The van der Waals surface area contributed by atoms with Gasteiger partial charge >= 0.3 is 0 Å². The van der Waals surface area contributed by atoms with Crippen molar-refractivity contribution < 1.29 is 5.11 Å². The van der Waals surface area contributed by atoms with E-state index in [1.54, 1.807) is 0 Å². The van der Waals surface area contributed by atoms with Gasteiger partial charge in [0.2, 0.25) is 0 Å². The Morgan fingerprint density at radius 3 is 2.58 bits per heavy atom. The van der Waals surface area contributed by atoms with Crippen LogP contribution in [0.2, 0.25) is 0 Å². The maximum absolute atomic E-state index is 9.23. The zero-order valence-electron chi connectivity index (χ0n) is 7.37. The van der Waals surface area contributed by atoms with Crippen LogP contribution < -0.4 is 0 Å². The standard InChI is InChI=1S/C11H16O/c1-2-3-7-11(10-12)8-5-4-6-9-11/h2,5-6,8-9,12H,1,3-4,7,10H2. The molecule has 0 aromatic carbocycles. The Bertz CT molecular complexity index is 189. The normalized spacial score (nSPS) is 19.4. The van der Waals surface area contributed by atoms with Crippen molar-refractivity contribution in [2.75, 3.05) is 6.61 Å². The summed E-state index contributed by atoms with van der Waals surface area (Å²) >= 11 is 0. The number of rotatable bonds is 4. The first-order chi connectivity index (χ1) is 5.83. The summed E-state index contributed by atoms with van der Waals surface area (Å²) in [6, 6.07) is 0. The minimum Gasteiger partial charge on any atom is -0.395 e. The second-order valence-electron chi connectivity index (χ2n) is 3.26. The van der Waals surface area contributed by atoms with E-state index in [9.17, 15) is 5.11 Å². The smallest absolute Gasteiger partial charge is 0.0556 e. The highest BCUT2D eigenvalue weighted by Gasteiger charge is 2.22. The summed E-state index contributed by atoms with van der Waals surface area (Å²) in [4.78, 5) is 0. The van der Waals surface area contributed by atoms with Gasteiger partial charge in [0, 0.05) is 5.41 Å². The van der Waals surface area contributed by atoms with Crippen LogP contribution in [0.1, 0.15) is 19.3 Å². The Balaban J connectivity index is 2.60. The van der Waals surface area contributed by atoms with Gasteiger partial charge in [-0.25, -0.2) is 0 Å². The average molecular weight is 164 g/mol. The molecule has 0 radical (unpaired) electrons. The highest BCUT2D eigenvalue weighted by Crippen LogP contribution is 2.30. The molecule has 0 heterocycles. The molecule has 1 heteroatoms. The van der Waals surface area contributed by atoms with Crippen molar-refractivity contribution in [2.45, 2.75) is 19.3 Å². The third-order valence-electron chi connectivity index (χ3n) is 2.28. The molecule has 1 aliphatic carbocycles. The zero-order chi connectivity index (χ0) is 8.86. The molecule has 0 amide bonds. The summed E-state index contributed by atoms with van der Waals surface area (Å²) in [5.41, 5.74) is -0.105. The Labute approximate surface area is 74.1 Å². The molecular formula is C11H16O. The third-order valence-corrected chi connectivity index (χ3v) is 2.28. The summed E-state index contributed by atoms with van der Waals surface area (Å²) in [6.07, 6.45) is 13.2. The fourth-order valence-corrected chi connectivity index (χ4v) is 1.46. The number of allylic oxidation sites excluding steroid dienone is 3. The van der Waals surface area contributed by atoms with Crippen LogP contribution in [-0.2, 0) is 0 Å². The van der Waals surface area contributed by atoms with Crippen molar-refractivity contribution in [3.05, 3.63) is 37.0 Å². The second kappa shape index (κ2) is 4.27. The SMILES string of the molecule is C=CCCC1(CO)C=CCC=C1. The molecule has 0 spiro atoms. The fraction of sp³-hybridized carbons (Fsp3) is 0.455. The van der Waals surface area contributed by atoms with Crippen molar-refractivity contribution in [1.29, 1.82) is 0 Å². The lowest BCUT2D eigenvalue weighted by atomic mass is 9.81. The average Bonchev–Trinajstić information content (AvgIpc) is 2.16. The van der Waals surface area contributed by atoms with Crippen molar-refractivity contribution in [1.82, 2.24) is 0 Å². The summed E-state index contributed by atoms with van der Waals surface area (Å²) in [5, 5.41) is 9.23. The molecule has 1 aliphatic rings. The van der Waals surface area contributed by atoms with E-state index < -0.39 is 0 Å². The van der Waals surface area contributed by atoms with Gasteiger partial charge in [-0.15, -0.1) is 6.58 Å². The van der Waals surface area contributed by atoms with E-state index in [1.165, 1.54) is 0 Å². The van der Waals surface area contributed by atoms with Gasteiger partial charge in [-0.3, -0.25) is 0 Å². The highest BCUT2D eigenvalue weighted by atomic mass is 16.3. The van der Waals surface area contributed by atoms with Crippen molar-refractivity contribution in [2.24, 2.45) is 5.41 Å². The van der Waals surface area contributed by atoms with Crippen molar-refractivity contribution in [3.8, 4) is 0 Å².